The van der Waals surface area contributed by atoms with Crippen LogP contribution in [0.3, 0.4) is 0 Å². The summed E-state index contributed by atoms with van der Waals surface area (Å²) in [5.74, 6) is 0. The standard InChI is InChI=1S/C22H46O3S.Na/c1-3-5-7-9-11-12-13-15-17-19-21-22(26(23,24)25)20-18-16-14-10-8-6-4-2;/h22H,3-21H2,1-2H3,(H,23,24,25);/q;+1/p-1. The van der Waals surface area contributed by atoms with Crippen LogP contribution in [0, 0.1) is 0 Å². The second kappa shape index (κ2) is 21.6. The first-order valence-corrected chi connectivity index (χ1v) is 12.9. The zero-order valence-corrected chi connectivity index (χ0v) is 21.5. The van der Waals surface area contributed by atoms with E-state index < -0.39 is 15.4 Å². The van der Waals surface area contributed by atoms with Crippen LogP contribution in [-0.4, -0.2) is 18.2 Å². The topological polar surface area (TPSA) is 57.2 Å². The number of hydrogen-bond donors (Lipinski definition) is 0. The summed E-state index contributed by atoms with van der Waals surface area (Å²) in [4.78, 5) is 0. The molecule has 158 valence electrons. The molecule has 0 aliphatic rings. The van der Waals surface area contributed by atoms with Crippen molar-refractivity contribution in [2.24, 2.45) is 0 Å². The molecule has 0 heterocycles. The number of hydrogen-bond acceptors (Lipinski definition) is 3. The zero-order chi connectivity index (χ0) is 19.5. The molecule has 0 saturated carbocycles. The minimum Gasteiger partial charge on any atom is -0.748 e. The molecule has 1 unspecified atom stereocenters. The molecule has 0 fully saturated rings. The van der Waals surface area contributed by atoms with Gasteiger partial charge in [-0.15, -0.1) is 0 Å². The Morgan fingerprint density at radius 1 is 0.556 bits per heavy atom. The molecule has 0 aromatic rings. The monoisotopic (exact) mass is 412 g/mol. The quantitative estimate of drug-likeness (QED) is 0.170. The van der Waals surface area contributed by atoms with E-state index >= 15 is 0 Å². The van der Waals surface area contributed by atoms with Crippen molar-refractivity contribution >= 4 is 10.1 Å². The average Bonchev–Trinajstić information content (AvgIpc) is 2.59. The Hall–Kier alpha value is 0.910. The van der Waals surface area contributed by atoms with Crippen molar-refractivity contribution in [2.75, 3.05) is 0 Å². The Balaban J connectivity index is 0. The summed E-state index contributed by atoms with van der Waals surface area (Å²) in [5.41, 5.74) is 0. The first-order valence-electron chi connectivity index (χ1n) is 11.5. The largest absolute Gasteiger partial charge is 1.00 e. The minimum absolute atomic E-state index is 0. The van der Waals surface area contributed by atoms with Gasteiger partial charge in [0.1, 0.15) is 0 Å². The van der Waals surface area contributed by atoms with Gasteiger partial charge in [0.2, 0.25) is 0 Å². The van der Waals surface area contributed by atoms with Crippen molar-refractivity contribution in [3.8, 4) is 0 Å². The summed E-state index contributed by atoms with van der Waals surface area (Å²) < 4.78 is 34.4. The first-order chi connectivity index (χ1) is 12.5. The summed E-state index contributed by atoms with van der Waals surface area (Å²) in [6, 6.07) is 0. The Morgan fingerprint density at radius 2 is 0.815 bits per heavy atom. The normalized spacial score (nSPS) is 12.7. The third-order valence-electron chi connectivity index (χ3n) is 5.42. The Kier molecular flexibility index (Phi) is 24.1. The van der Waals surface area contributed by atoms with E-state index in [9.17, 15) is 13.0 Å². The smallest absolute Gasteiger partial charge is 0.748 e. The maximum atomic E-state index is 11.5. The van der Waals surface area contributed by atoms with Crippen LogP contribution in [0.15, 0.2) is 0 Å². The summed E-state index contributed by atoms with van der Waals surface area (Å²) in [7, 11) is -4.13. The van der Waals surface area contributed by atoms with Crippen LogP contribution in [0.2, 0.25) is 0 Å². The molecule has 0 aliphatic carbocycles. The molecule has 3 nitrogen and oxygen atoms in total. The van der Waals surface area contributed by atoms with Crippen LogP contribution in [0.25, 0.3) is 0 Å². The molecule has 0 saturated heterocycles. The van der Waals surface area contributed by atoms with Crippen molar-refractivity contribution in [3.63, 3.8) is 0 Å². The van der Waals surface area contributed by atoms with E-state index in [4.69, 9.17) is 0 Å². The van der Waals surface area contributed by atoms with Gasteiger partial charge in [0.15, 0.2) is 0 Å². The predicted octanol–water partition coefficient (Wildman–Crippen LogP) is 4.36. The fraction of sp³-hybridized carbons (Fsp3) is 1.00. The predicted molar refractivity (Wildman–Crippen MR) is 113 cm³/mol. The van der Waals surface area contributed by atoms with E-state index in [0.717, 1.165) is 25.7 Å². The molecule has 0 N–H and O–H groups in total. The molecule has 0 rings (SSSR count). The SMILES string of the molecule is CCCCCCCCCCCCC(CCCCCCCCC)S(=O)(=O)[O-].[Na+]. The Morgan fingerprint density at radius 3 is 1.07 bits per heavy atom. The maximum Gasteiger partial charge on any atom is 1.00 e. The van der Waals surface area contributed by atoms with E-state index in [-0.39, 0.29) is 29.6 Å². The summed E-state index contributed by atoms with van der Waals surface area (Å²) in [5, 5.41) is -0.646. The van der Waals surface area contributed by atoms with Gasteiger partial charge in [-0.3, -0.25) is 0 Å². The molecule has 0 spiro atoms. The van der Waals surface area contributed by atoms with Crippen LogP contribution < -0.4 is 29.6 Å². The molecule has 5 heteroatoms. The van der Waals surface area contributed by atoms with Crippen molar-refractivity contribution < 1.29 is 42.5 Å². The van der Waals surface area contributed by atoms with Crippen molar-refractivity contribution in [3.05, 3.63) is 0 Å². The van der Waals surface area contributed by atoms with Crippen LogP contribution in [0.1, 0.15) is 136 Å². The maximum absolute atomic E-state index is 11.5. The molecule has 0 radical (unpaired) electrons. The molecule has 0 bridgehead atoms. The van der Waals surface area contributed by atoms with Crippen LogP contribution >= 0.6 is 0 Å². The minimum atomic E-state index is -4.13. The van der Waals surface area contributed by atoms with Gasteiger partial charge in [-0.05, 0) is 12.8 Å². The average molecular weight is 413 g/mol. The van der Waals surface area contributed by atoms with Gasteiger partial charge >= 0.3 is 29.6 Å². The Bertz CT molecular complexity index is 385. The van der Waals surface area contributed by atoms with Gasteiger partial charge in [-0.1, -0.05) is 123 Å². The molecule has 0 amide bonds. The van der Waals surface area contributed by atoms with Gasteiger partial charge < -0.3 is 4.55 Å². The number of unbranched alkanes of at least 4 members (excludes halogenated alkanes) is 15. The fourth-order valence-corrected chi connectivity index (χ4v) is 4.53. The van der Waals surface area contributed by atoms with Gasteiger partial charge in [-0.2, -0.15) is 0 Å². The molecule has 0 aliphatic heterocycles. The van der Waals surface area contributed by atoms with Crippen LogP contribution in [-0.2, 0) is 10.1 Å². The van der Waals surface area contributed by atoms with Gasteiger partial charge in [0.25, 0.3) is 0 Å². The van der Waals surface area contributed by atoms with Crippen LogP contribution in [0.4, 0.5) is 0 Å². The third-order valence-corrected chi connectivity index (χ3v) is 6.71. The molecular weight excluding hydrogens is 367 g/mol. The Labute approximate surface area is 192 Å². The zero-order valence-electron chi connectivity index (χ0n) is 18.6. The number of rotatable bonds is 20. The first kappa shape index (κ1) is 30.1. The molecule has 0 aromatic carbocycles. The summed E-state index contributed by atoms with van der Waals surface area (Å²) in [6.45, 7) is 4.44. The van der Waals surface area contributed by atoms with Crippen molar-refractivity contribution in [2.45, 2.75) is 141 Å². The third kappa shape index (κ3) is 21.4. The second-order valence-corrected chi connectivity index (χ2v) is 9.65. The van der Waals surface area contributed by atoms with Crippen molar-refractivity contribution in [1.82, 2.24) is 0 Å². The van der Waals surface area contributed by atoms with Gasteiger partial charge in [0.05, 0.1) is 10.1 Å². The van der Waals surface area contributed by atoms with Crippen LogP contribution in [0.5, 0.6) is 0 Å². The fourth-order valence-electron chi connectivity index (χ4n) is 3.62. The summed E-state index contributed by atoms with van der Waals surface area (Å²) >= 11 is 0. The molecule has 1 atom stereocenters. The second-order valence-electron chi connectivity index (χ2n) is 8.00. The van der Waals surface area contributed by atoms with E-state index in [1.54, 1.807) is 0 Å². The van der Waals surface area contributed by atoms with E-state index in [1.807, 2.05) is 0 Å². The van der Waals surface area contributed by atoms with Gasteiger partial charge in [-0.25, -0.2) is 8.42 Å². The molecular formula is C22H45NaO3S. The molecule has 27 heavy (non-hydrogen) atoms. The van der Waals surface area contributed by atoms with E-state index in [1.165, 1.54) is 83.5 Å². The van der Waals surface area contributed by atoms with E-state index in [2.05, 4.69) is 13.8 Å². The molecule has 0 aromatic heterocycles. The summed E-state index contributed by atoms with van der Waals surface area (Å²) in [6.07, 6.45) is 21.7. The van der Waals surface area contributed by atoms with E-state index in [0.29, 0.717) is 12.8 Å². The van der Waals surface area contributed by atoms with Crippen molar-refractivity contribution in [1.29, 1.82) is 0 Å². The van der Waals surface area contributed by atoms with Gasteiger partial charge in [0, 0.05) is 5.25 Å².